The number of aromatic hydroxyl groups is 1. The van der Waals surface area contributed by atoms with Crippen molar-refractivity contribution in [1.82, 2.24) is 4.90 Å². The zero-order chi connectivity index (χ0) is 19.0. The van der Waals surface area contributed by atoms with Crippen LogP contribution in [0.3, 0.4) is 0 Å². The number of Topliss-reactive ketones (excluding diaryl/α,β-unsaturated/α-hetero) is 1. The normalized spacial score (nSPS) is 22.1. The van der Waals surface area contributed by atoms with Crippen molar-refractivity contribution in [2.24, 2.45) is 0 Å². The highest BCUT2D eigenvalue weighted by Crippen LogP contribution is 2.39. The minimum Gasteiger partial charge on any atom is -0.506 e. The summed E-state index contributed by atoms with van der Waals surface area (Å²) in [5.41, 5.74) is 0.485. The number of nitrogens with zero attached hydrogens (tertiary/aromatic N) is 1. The molecule has 0 aromatic heterocycles. The maximum Gasteiger partial charge on any atom is 0.253 e. The van der Waals surface area contributed by atoms with Gasteiger partial charge in [-0.05, 0) is 43.2 Å². The first-order chi connectivity index (χ1) is 13.0. The van der Waals surface area contributed by atoms with Gasteiger partial charge in [0.05, 0.1) is 17.0 Å². The minimum atomic E-state index is -0.553. The van der Waals surface area contributed by atoms with Gasteiger partial charge in [-0.3, -0.25) is 9.59 Å². The summed E-state index contributed by atoms with van der Waals surface area (Å²) in [6.45, 7) is 1.08. The number of hydrogen-bond acceptors (Lipinski definition) is 4. The largest absolute Gasteiger partial charge is 0.506 e. The van der Waals surface area contributed by atoms with Gasteiger partial charge in [0.25, 0.3) is 5.91 Å². The second-order valence-electron chi connectivity index (χ2n) is 7.19. The van der Waals surface area contributed by atoms with Crippen LogP contribution in [0.1, 0.15) is 46.4 Å². The Labute approximate surface area is 162 Å². The van der Waals surface area contributed by atoms with Crippen LogP contribution in [0.5, 0.6) is 11.5 Å². The Morgan fingerprint density at radius 1 is 1.15 bits per heavy atom. The lowest BCUT2D eigenvalue weighted by Gasteiger charge is -2.37. The Kier molecular flexibility index (Phi) is 4.56. The minimum absolute atomic E-state index is 0.0965. The van der Waals surface area contributed by atoms with Gasteiger partial charge in [-0.2, -0.15) is 0 Å². The first-order valence-corrected chi connectivity index (χ1v) is 9.44. The zero-order valence-electron chi connectivity index (χ0n) is 14.8. The second-order valence-corrected chi connectivity index (χ2v) is 7.60. The number of likely N-dealkylation sites (tertiary alicyclic amines) is 1. The van der Waals surface area contributed by atoms with E-state index in [1.165, 1.54) is 12.1 Å². The predicted molar refractivity (Wildman–Crippen MR) is 102 cm³/mol. The van der Waals surface area contributed by atoms with Gasteiger partial charge < -0.3 is 14.7 Å². The molecule has 5 nitrogen and oxygen atoms in total. The fourth-order valence-corrected chi connectivity index (χ4v) is 4.04. The number of hydrogen-bond donors (Lipinski definition) is 1. The summed E-state index contributed by atoms with van der Waals surface area (Å²) in [4.78, 5) is 27.1. The van der Waals surface area contributed by atoms with Crippen molar-refractivity contribution in [3.63, 3.8) is 0 Å². The number of carbonyl (C=O) groups excluding carboxylic acids is 2. The number of ether oxygens (including phenoxy) is 1. The third-order valence-electron chi connectivity index (χ3n) is 5.37. The number of benzene rings is 2. The number of amides is 1. The average Bonchev–Trinajstić information content (AvgIpc) is 2.86. The zero-order valence-corrected chi connectivity index (χ0v) is 15.5. The SMILES string of the molecule is O=C1CC2(CCCN(C(=O)c3ccc(Cl)c(O)c3)CC2)Oc2ccccc21. The fraction of sp³-hybridized carbons (Fsp3) is 0.333. The number of phenolic OH excluding ortho intramolecular Hbond substituents is 1. The van der Waals surface area contributed by atoms with Crippen LogP contribution in [0.25, 0.3) is 0 Å². The van der Waals surface area contributed by atoms with E-state index in [0.29, 0.717) is 42.8 Å². The van der Waals surface area contributed by atoms with Crippen LogP contribution >= 0.6 is 11.6 Å². The van der Waals surface area contributed by atoms with E-state index in [1.54, 1.807) is 17.0 Å². The summed E-state index contributed by atoms with van der Waals surface area (Å²) >= 11 is 5.83. The third-order valence-corrected chi connectivity index (χ3v) is 5.69. The molecule has 1 saturated heterocycles. The number of ketones is 1. The Balaban J connectivity index is 1.52. The Morgan fingerprint density at radius 2 is 1.96 bits per heavy atom. The molecule has 140 valence electrons. The molecule has 2 aliphatic rings. The molecular formula is C21H20ClNO4. The topological polar surface area (TPSA) is 66.8 Å². The molecule has 2 aromatic rings. The molecule has 1 N–H and O–H groups in total. The number of para-hydroxylation sites is 1. The van der Waals surface area contributed by atoms with Gasteiger partial charge in [-0.1, -0.05) is 23.7 Å². The summed E-state index contributed by atoms with van der Waals surface area (Å²) in [6, 6.07) is 11.9. The standard InChI is InChI=1S/C21H20ClNO4/c22-16-7-6-14(12-17(16)24)20(26)23-10-3-8-21(9-11-23)13-18(25)15-4-1-2-5-19(15)27-21/h1-2,4-7,12,24H,3,8-11,13H2. The summed E-state index contributed by atoms with van der Waals surface area (Å²) in [5, 5.41) is 9.98. The van der Waals surface area contributed by atoms with E-state index in [9.17, 15) is 14.7 Å². The van der Waals surface area contributed by atoms with E-state index in [4.69, 9.17) is 16.3 Å². The molecule has 2 heterocycles. The molecule has 0 saturated carbocycles. The van der Waals surface area contributed by atoms with Crippen molar-refractivity contribution in [1.29, 1.82) is 0 Å². The van der Waals surface area contributed by atoms with Gasteiger partial charge >= 0.3 is 0 Å². The highest BCUT2D eigenvalue weighted by molar-refractivity contribution is 6.32. The van der Waals surface area contributed by atoms with E-state index in [-0.39, 0.29) is 22.5 Å². The molecule has 1 spiro atoms. The first kappa shape index (κ1) is 17.9. The molecule has 2 aromatic carbocycles. The van der Waals surface area contributed by atoms with Gasteiger partial charge in [0.1, 0.15) is 17.1 Å². The predicted octanol–water partition coefficient (Wildman–Crippen LogP) is 4.08. The maximum atomic E-state index is 12.8. The molecular weight excluding hydrogens is 366 g/mol. The van der Waals surface area contributed by atoms with Gasteiger partial charge in [0.2, 0.25) is 0 Å². The van der Waals surface area contributed by atoms with E-state index in [0.717, 1.165) is 12.8 Å². The van der Waals surface area contributed by atoms with Crippen LogP contribution < -0.4 is 4.74 Å². The van der Waals surface area contributed by atoms with Gasteiger partial charge in [0, 0.05) is 25.1 Å². The molecule has 1 fully saturated rings. The Morgan fingerprint density at radius 3 is 2.78 bits per heavy atom. The van der Waals surface area contributed by atoms with Crippen molar-refractivity contribution in [2.75, 3.05) is 13.1 Å². The molecule has 1 atom stereocenters. The Bertz CT molecular complexity index is 913. The fourth-order valence-electron chi connectivity index (χ4n) is 3.92. The molecule has 4 rings (SSSR count). The van der Waals surface area contributed by atoms with Crippen molar-refractivity contribution in [3.05, 3.63) is 58.6 Å². The maximum absolute atomic E-state index is 12.8. The summed E-state index contributed by atoms with van der Waals surface area (Å²) < 4.78 is 6.26. The van der Waals surface area contributed by atoms with Crippen molar-refractivity contribution < 1.29 is 19.4 Å². The van der Waals surface area contributed by atoms with E-state index in [2.05, 4.69) is 0 Å². The lowest BCUT2D eigenvalue weighted by atomic mass is 9.84. The van der Waals surface area contributed by atoms with E-state index < -0.39 is 5.60 Å². The van der Waals surface area contributed by atoms with Crippen molar-refractivity contribution >= 4 is 23.3 Å². The van der Waals surface area contributed by atoms with Crippen LogP contribution in [0, 0.1) is 0 Å². The number of rotatable bonds is 1. The van der Waals surface area contributed by atoms with Gasteiger partial charge in [-0.15, -0.1) is 0 Å². The van der Waals surface area contributed by atoms with Crippen LogP contribution in [-0.2, 0) is 0 Å². The molecule has 1 amide bonds. The Hall–Kier alpha value is -2.53. The first-order valence-electron chi connectivity index (χ1n) is 9.06. The van der Waals surface area contributed by atoms with Crippen molar-refractivity contribution in [3.8, 4) is 11.5 Å². The number of carbonyl (C=O) groups is 2. The molecule has 27 heavy (non-hydrogen) atoms. The smallest absolute Gasteiger partial charge is 0.253 e. The van der Waals surface area contributed by atoms with Crippen LogP contribution in [0.4, 0.5) is 0 Å². The van der Waals surface area contributed by atoms with Crippen LogP contribution in [0.2, 0.25) is 5.02 Å². The molecule has 6 heteroatoms. The molecule has 0 aliphatic carbocycles. The van der Waals surface area contributed by atoms with Crippen LogP contribution in [0.15, 0.2) is 42.5 Å². The van der Waals surface area contributed by atoms with Crippen molar-refractivity contribution in [2.45, 2.75) is 31.3 Å². The highest BCUT2D eigenvalue weighted by atomic mass is 35.5. The molecule has 0 bridgehead atoms. The van der Waals surface area contributed by atoms with Crippen LogP contribution in [-0.4, -0.2) is 40.4 Å². The monoisotopic (exact) mass is 385 g/mol. The van der Waals surface area contributed by atoms with E-state index in [1.807, 2.05) is 18.2 Å². The lowest BCUT2D eigenvalue weighted by molar-refractivity contribution is 0.0300. The third kappa shape index (κ3) is 3.39. The summed E-state index contributed by atoms with van der Waals surface area (Å²) in [7, 11) is 0. The number of fused-ring (bicyclic) bond motifs is 1. The van der Waals surface area contributed by atoms with E-state index >= 15 is 0 Å². The van der Waals surface area contributed by atoms with Gasteiger partial charge in [-0.25, -0.2) is 0 Å². The molecule has 2 aliphatic heterocycles. The lowest BCUT2D eigenvalue weighted by Crippen LogP contribution is -2.43. The number of phenols is 1. The summed E-state index contributed by atoms with van der Waals surface area (Å²) in [6.07, 6.45) is 2.41. The molecule has 1 unspecified atom stereocenters. The molecule has 0 radical (unpaired) electrons. The number of halogens is 1. The quantitative estimate of drug-likeness (QED) is 0.803. The van der Waals surface area contributed by atoms with Gasteiger partial charge in [0.15, 0.2) is 5.78 Å². The second kappa shape index (κ2) is 6.89. The highest BCUT2D eigenvalue weighted by Gasteiger charge is 2.42. The average molecular weight is 386 g/mol. The summed E-state index contributed by atoms with van der Waals surface area (Å²) in [5.74, 6) is 0.476.